The summed E-state index contributed by atoms with van der Waals surface area (Å²) in [6.45, 7) is 7.17. The van der Waals surface area contributed by atoms with E-state index < -0.39 is 0 Å². The van der Waals surface area contributed by atoms with Crippen molar-refractivity contribution in [1.82, 2.24) is 14.5 Å². The zero-order valence-corrected chi connectivity index (χ0v) is 12.4. The van der Waals surface area contributed by atoms with E-state index in [-0.39, 0.29) is 5.56 Å². The fourth-order valence-electron chi connectivity index (χ4n) is 2.95. The van der Waals surface area contributed by atoms with E-state index in [1.807, 2.05) is 0 Å². The lowest BCUT2D eigenvalue weighted by molar-refractivity contribution is 0.326. The van der Waals surface area contributed by atoms with Crippen LogP contribution < -0.4 is 10.9 Å². The van der Waals surface area contributed by atoms with E-state index in [0.29, 0.717) is 17.8 Å². The second kappa shape index (κ2) is 5.56. The SMILES string of the molecule is CC(C)Cn1ccnc(NC2CCN(C3CC3)C2)c1=O. The minimum absolute atomic E-state index is 0.00562. The highest BCUT2D eigenvalue weighted by molar-refractivity contribution is 5.33. The lowest BCUT2D eigenvalue weighted by Crippen LogP contribution is -2.32. The lowest BCUT2D eigenvalue weighted by atomic mass is 10.2. The summed E-state index contributed by atoms with van der Waals surface area (Å²) >= 11 is 0. The van der Waals surface area contributed by atoms with Crippen molar-refractivity contribution in [2.75, 3.05) is 18.4 Å². The summed E-state index contributed by atoms with van der Waals surface area (Å²) in [6.07, 6.45) is 7.30. The standard InChI is InChI=1S/C15H24N4O/c1-11(2)9-19-8-6-16-14(15(19)20)17-12-5-7-18(10-12)13-3-4-13/h6,8,11-13H,3-5,7,9-10H2,1-2H3,(H,16,17). The molecule has 5 nitrogen and oxygen atoms in total. The van der Waals surface area contributed by atoms with Gasteiger partial charge in [-0.2, -0.15) is 0 Å². The molecule has 3 rings (SSSR count). The third kappa shape index (κ3) is 3.03. The Hall–Kier alpha value is -1.36. The van der Waals surface area contributed by atoms with Gasteiger partial charge in [0.15, 0.2) is 5.82 Å². The molecule has 1 saturated carbocycles. The van der Waals surface area contributed by atoms with Crippen molar-refractivity contribution in [2.45, 2.75) is 51.7 Å². The van der Waals surface area contributed by atoms with Crippen LogP contribution in [-0.2, 0) is 6.54 Å². The van der Waals surface area contributed by atoms with Crippen LogP contribution in [0.25, 0.3) is 0 Å². The minimum Gasteiger partial charge on any atom is -0.361 e. The molecule has 1 N–H and O–H groups in total. The molecule has 5 heteroatoms. The maximum absolute atomic E-state index is 12.3. The van der Waals surface area contributed by atoms with E-state index in [4.69, 9.17) is 0 Å². The Morgan fingerprint density at radius 2 is 2.20 bits per heavy atom. The third-order valence-electron chi connectivity index (χ3n) is 4.10. The highest BCUT2D eigenvalue weighted by Crippen LogP contribution is 2.30. The quantitative estimate of drug-likeness (QED) is 0.886. The maximum Gasteiger partial charge on any atom is 0.293 e. The van der Waals surface area contributed by atoms with Crippen LogP contribution in [0, 0.1) is 5.92 Å². The molecule has 1 aromatic rings. The third-order valence-corrected chi connectivity index (χ3v) is 4.10. The molecule has 1 atom stereocenters. The number of rotatable bonds is 5. The summed E-state index contributed by atoms with van der Waals surface area (Å²) in [4.78, 5) is 19.1. The zero-order chi connectivity index (χ0) is 14.1. The Bertz CT molecular complexity index is 521. The van der Waals surface area contributed by atoms with E-state index in [1.54, 1.807) is 17.0 Å². The predicted octanol–water partition coefficient (Wildman–Crippen LogP) is 1.55. The number of likely N-dealkylation sites (tertiary alicyclic amines) is 1. The van der Waals surface area contributed by atoms with Crippen LogP contribution >= 0.6 is 0 Å². The summed E-state index contributed by atoms with van der Waals surface area (Å²) in [7, 11) is 0. The van der Waals surface area contributed by atoms with Crippen molar-refractivity contribution >= 4 is 5.82 Å². The van der Waals surface area contributed by atoms with Crippen molar-refractivity contribution in [1.29, 1.82) is 0 Å². The second-order valence-electron chi connectivity index (χ2n) is 6.48. The van der Waals surface area contributed by atoms with Gasteiger partial charge in [0.2, 0.25) is 0 Å². The molecule has 1 unspecified atom stereocenters. The predicted molar refractivity (Wildman–Crippen MR) is 80.0 cm³/mol. The Kier molecular flexibility index (Phi) is 3.78. The first kappa shape index (κ1) is 13.6. The van der Waals surface area contributed by atoms with Crippen LogP contribution in [0.1, 0.15) is 33.1 Å². The monoisotopic (exact) mass is 276 g/mol. The normalized spacial score (nSPS) is 23.4. The molecule has 0 bridgehead atoms. The lowest BCUT2D eigenvalue weighted by Gasteiger charge is -2.16. The number of nitrogens with one attached hydrogen (secondary N) is 1. The molecule has 1 aromatic heterocycles. The second-order valence-corrected chi connectivity index (χ2v) is 6.48. The van der Waals surface area contributed by atoms with Gasteiger partial charge in [0.1, 0.15) is 0 Å². The van der Waals surface area contributed by atoms with E-state index in [2.05, 4.69) is 29.0 Å². The summed E-state index contributed by atoms with van der Waals surface area (Å²) in [5.41, 5.74) is 0.00562. The first-order valence-corrected chi connectivity index (χ1v) is 7.69. The van der Waals surface area contributed by atoms with E-state index >= 15 is 0 Å². The van der Waals surface area contributed by atoms with Crippen molar-refractivity contribution in [3.8, 4) is 0 Å². The van der Waals surface area contributed by atoms with Gasteiger partial charge in [0.25, 0.3) is 5.56 Å². The van der Waals surface area contributed by atoms with E-state index in [0.717, 1.165) is 32.1 Å². The molecule has 1 aliphatic carbocycles. The molecular formula is C15H24N4O. The molecule has 0 amide bonds. The summed E-state index contributed by atoms with van der Waals surface area (Å²) in [5.74, 6) is 0.968. The molecule has 2 heterocycles. The Morgan fingerprint density at radius 1 is 1.40 bits per heavy atom. The topological polar surface area (TPSA) is 50.2 Å². The Labute approximate surface area is 120 Å². The first-order chi connectivity index (χ1) is 9.63. The van der Waals surface area contributed by atoms with Gasteiger partial charge in [0.05, 0.1) is 0 Å². The molecule has 2 aliphatic rings. The highest BCUT2D eigenvalue weighted by atomic mass is 16.1. The van der Waals surface area contributed by atoms with Crippen molar-refractivity contribution in [2.24, 2.45) is 5.92 Å². The number of nitrogens with zero attached hydrogens (tertiary/aromatic N) is 3. The smallest absolute Gasteiger partial charge is 0.293 e. The molecular weight excluding hydrogens is 252 g/mol. The van der Waals surface area contributed by atoms with Gasteiger partial charge in [-0.3, -0.25) is 9.69 Å². The van der Waals surface area contributed by atoms with Crippen LogP contribution in [0.15, 0.2) is 17.2 Å². The van der Waals surface area contributed by atoms with Gasteiger partial charge >= 0.3 is 0 Å². The van der Waals surface area contributed by atoms with Crippen LogP contribution in [0.4, 0.5) is 5.82 Å². The average molecular weight is 276 g/mol. The van der Waals surface area contributed by atoms with Gasteiger partial charge in [-0.25, -0.2) is 4.98 Å². The van der Waals surface area contributed by atoms with Gasteiger partial charge in [-0.05, 0) is 25.2 Å². The van der Waals surface area contributed by atoms with Crippen LogP contribution in [0.5, 0.6) is 0 Å². The average Bonchev–Trinajstić information content (AvgIpc) is 3.15. The van der Waals surface area contributed by atoms with Crippen LogP contribution in [0.2, 0.25) is 0 Å². The number of anilines is 1. The van der Waals surface area contributed by atoms with Gasteiger partial charge in [0, 0.05) is 44.1 Å². The number of hydrogen-bond donors (Lipinski definition) is 1. The largest absolute Gasteiger partial charge is 0.361 e. The van der Waals surface area contributed by atoms with E-state index in [9.17, 15) is 4.79 Å². The fraction of sp³-hybridized carbons (Fsp3) is 0.733. The van der Waals surface area contributed by atoms with Crippen molar-refractivity contribution < 1.29 is 0 Å². The number of aromatic nitrogens is 2. The summed E-state index contributed by atoms with van der Waals surface area (Å²) in [5, 5.41) is 3.35. The summed E-state index contributed by atoms with van der Waals surface area (Å²) < 4.78 is 1.76. The van der Waals surface area contributed by atoms with Gasteiger partial charge in [-0.1, -0.05) is 13.8 Å². The van der Waals surface area contributed by atoms with Gasteiger partial charge in [-0.15, -0.1) is 0 Å². The van der Waals surface area contributed by atoms with E-state index in [1.165, 1.54) is 12.8 Å². The Balaban J connectivity index is 1.66. The number of hydrogen-bond acceptors (Lipinski definition) is 4. The molecule has 0 radical (unpaired) electrons. The molecule has 0 aromatic carbocycles. The van der Waals surface area contributed by atoms with Crippen molar-refractivity contribution in [3.63, 3.8) is 0 Å². The minimum atomic E-state index is 0.00562. The zero-order valence-electron chi connectivity index (χ0n) is 12.4. The molecule has 20 heavy (non-hydrogen) atoms. The molecule has 0 spiro atoms. The molecule has 110 valence electrons. The molecule has 2 fully saturated rings. The Morgan fingerprint density at radius 3 is 2.90 bits per heavy atom. The van der Waals surface area contributed by atoms with Crippen LogP contribution in [0.3, 0.4) is 0 Å². The van der Waals surface area contributed by atoms with Gasteiger partial charge < -0.3 is 9.88 Å². The summed E-state index contributed by atoms with van der Waals surface area (Å²) in [6, 6.07) is 1.17. The van der Waals surface area contributed by atoms with Crippen LogP contribution in [-0.4, -0.2) is 39.6 Å². The molecule has 1 saturated heterocycles. The highest BCUT2D eigenvalue weighted by Gasteiger charge is 2.34. The maximum atomic E-state index is 12.3. The first-order valence-electron chi connectivity index (χ1n) is 7.69. The fourth-order valence-corrected chi connectivity index (χ4v) is 2.95. The van der Waals surface area contributed by atoms with Crippen molar-refractivity contribution in [3.05, 3.63) is 22.7 Å². The molecule has 1 aliphatic heterocycles.